The van der Waals surface area contributed by atoms with Crippen LogP contribution < -0.4 is 0 Å². The molecule has 1 aliphatic rings. The predicted molar refractivity (Wildman–Crippen MR) is 68.2 cm³/mol. The second-order valence-electron chi connectivity index (χ2n) is 4.67. The number of allylic oxidation sites excluding steroid dienone is 1. The van der Waals surface area contributed by atoms with Gasteiger partial charge in [-0.25, -0.2) is 8.78 Å². The molecule has 0 N–H and O–H groups in total. The van der Waals surface area contributed by atoms with Crippen molar-refractivity contribution in [1.29, 1.82) is 0 Å². The van der Waals surface area contributed by atoms with E-state index in [1.54, 1.807) is 6.08 Å². The standard InChI is InChI=1S/C14H24F2O2/c1-3-5-9-17-11-7-8-12(14(16)13(11)15)18-10-6-4-2/h3,5,11-14H,4,6-10H2,1-2H3/b5-3-. The van der Waals surface area contributed by atoms with Gasteiger partial charge in [0, 0.05) is 6.61 Å². The van der Waals surface area contributed by atoms with E-state index in [-0.39, 0.29) is 0 Å². The Balaban J connectivity index is 2.34. The molecule has 0 aromatic rings. The molecule has 0 heterocycles. The van der Waals surface area contributed by atoms with Crippen LogP contribution in [0.4, 0.5) is 8.78 Å². The fourth-order valence-electron chi connectivity index (χ4n) is 2.06. The predicted octanol–water partition coefficient (Wildman–Crippen LogP) is 3.60. The zero-order valence-electron chi connectivity index (χ0n) is 11.3. The molecule has 0 aromatic carbocycles. The number of alkyl halides is 2. The lowest BCUT2D eigenvalue weighted by atomic mass is 9.91. The van der Waals surface area contributed by atoms with Crippen molar-refractivity contribution in [3.8, 4) is 0 Å². The Morgan fingerprint density at radius 2 is 1.72 bits per heavy atom. The van der Waals surface area contributed by atoms with Gasteiger partial charge in [0.05, 0.1) is 18.8 Å². The monoisotopic (exact) mass is 262 g/mol. The molecular formula is C14H24F2O2. The van der Waals surface area contributed by atoms with Gasteiger partial charge in [0.1, 0.15) is 0 Å². The summed E-state index contributed by atoms with van der Waals surface area (Å²) in [5, 5.41) is 0. The molecule has 0 saturated heterocycles. The summed E-state index contributed by atoms with van der Waals surface area (Å²) in [6.45, 7) is 4.76. The Hall–Kier alpha value is -0.480. The van der Waals surface area contributed by atoms with E-state index in [1.165, 1.54) is 0 Å². The van der Waals surface area contributed by atoms with E-state index in [0.29, 0.717) is 26.1 Å². The number of rotatable bonds is 7. The minimum absolute atomic E-state index is 0.343. The first kappa shape index (κ1) is 15.6. The third-order valence-corrected chi connectivity index (χ3v) is 3.22. The van der Waals surface area contributed by atoms with Gasteiger partial charge in [0.2, 0.25) is 0 Å². The number of hydrogen-bond donors (Lipinski definition) is 0. The van der Waals surface area contributed by atoms with Gasteiger partial charge in [-0.3, -0.25) is 0 Å². The molecule has 0 aliphatic heterocycles. The zero-order valence-corrected chi connectivity index (χ0v) is 11.3. The van der Waals surface area contributed by atoms with E-state index in [0.717, 1.165) is 12.8 Å². The Labute approximate surface area is 108 Å². The average molecular weight is 262 g/mol. The largest absolute Gasteiger partial charge is 0.375 e. The minimum Gasteiger partial charge on any atom is -0.375 e. The summed E-state index contributed by atoms with van der Waals surface area (Å²) in [5.74, 6) is 0. The smallest absolute Gasteiger partial charge is 0.160 e. The van der Waals surface area contributed by atoms with Gasteiger partial charge in [-0.15, -0.1) is 0 Å². The van der Waals surface area contributed by atoms with Crippen LogP contribution >= 0.6 is 0 Å². The number of unbranched alkanes of at least 4 members (excludes halogenated alkanes) is 1. The molecule has 4 unspecified atom stereocenters. The van der Waals surface area contributed by atoms with Gasteiger partial charge >= 0.3 is 0 Å². The highest BCUT2D eigenvalue weighted by Gasteiger charge is 2.41. The molecule has 0 bridgehead atoms. The topological polar surface area (TPSA) is 18.5 Å². The molecule has 0 aromatic heterocycles. The molecule has 0 radical (unpaired) electrons. The van der Waals surface area contributed by atoms with Crippen molar-refractivity contribution in [1.82, 2.24) is 0 Å². The van der Waals surface area contributed by atoms with Crippen LogP contribution in [0.5, 0.6) is 0 Å². The van der Waals surface area contributed by atoms with Gasteiger partial charge < -0.3 is 9.47 Å². The third-order valence-electron chi connectivity index (χ3n) is 3.22. The van der Waals surface area contributed by atoms with Crippen LogP contribution in [0.15, 0.2) is 12.2 Å². The van der Waals surface area contributed by atoms with Crippen LogP contribution in [0, 0.1) is 0 Å². The summed E-state index contributed by atoms with van der Waals surface area (Å²) in [6.07, 6.45) is 2.20. The minimum atomic E-state index is -1.57. The second-order valence-corrected chi connectivity index (χ2v) is 4.67. The Morgan fingerprint density at radius 1 is 1.11 bits per heavy atom. The zero-order chi connectivity index (χ0) is 13.4. The van der Waals surface area contributed by atoms with Gasteiger partial charge in [-0.1, -0.05) is 25.5 Å². The first-order valence-electron chi connectivity index (χ1n) is 6.83. The number of hydrogen-bond acceptors (Lipinski definition) is 2. The van der Waals surface area contributed by atoms with Crippen molar-refractivity contribution in [3.63, 3.8) is 0 Å². The molecule has 1 aliphatic carbocycles. The van der Waals surface area contributed by atoms with Gasteiger partial charge in [-0.2, -0.15) is 0 Å². The maximum atomic E-state index is 13.8. The molecule has 18 heavy (non-hydrogen) atoms. The highest BCUT2D eigenvalue weighted by molar-refractivity contribution is 4.90. The molecule has 106 valence electrons. The van der Waals surface area contributed by atoms with Crippen LogP contribution in [0.1, 0.15) is 39.5 Å². The van der Waals surface area contributed by atoms with E-state index < -0.39 is 24.6 Å². The average Bonchev–Trinajstić information content (AvgIpc) is 2.37. The Morgan fingerprint density at radius 3 is 2.28 bits per heavy atom. The summed E-state index contributed by atoms with van der Waals surface area (Å²) >= 11 is 0. The molecule has 4 atom stereocenters. The van der Waals surface area contributed by atoms with E-state index in [9.17, 15) is 8.78 Å². The highest BCUT2D eigenvalue weighted by Crippen LogP contribution is 2.29. The first-order chi connectivity index (χ1) is 8.70. The van der Waals surface area contributed by atoms with E-state index in [1.807, 2.05) is 19.9 Å². The van der Waals surface area contributed by atoms with Gasteiger partial charge in [-0.05, 0) is 26.2 Å². The molecule has 0 spiro atoms. The summed E-state index contributed by atoms with van der Waals surface area (Å²) in [4.78, 5) is 0. The SMILES string of the molecule is C/C=C\COC1CCC(OCCCC)C(F)C1F. The maximum absolute atomic E-state index is 13.8. The lowest BCUT2D eigenvalue weighted by Crippen LogP contribution is -2.46. The van der Waals surface area contributed by atoms with Crippen LogP contribution in [0.25, 0.3) is 0 Å². The van der Waals surface area contributed by atoms with Crippen LogP contribution in [-0.2, 0) is 9.47 Å². The summed E-state index contributed by atoms with van der Waals surface area (Å²) in [7, 11) is 0. The summed E-state index contributed by atoms with van der Waals surface area (Å²) in [6, 6.07) is 0. The van der Waals surface area contributed by atoms with Crippen molar-refractivity contribution < 1.29 is 18.3 Å². The fourth-order valence-corrected chi connectivity index (χ4v) is 2.06. The van der Waals surface area contributed by atoms with Crippen molar-refractivity contribution in [2.75, 3.05) is 13.2 Å². The van der Waals surface area contributed by atoms with E-state index in [4.69, 9.17) is 9.47 Å². The lowest BCUT2D eigenvalue weighted by Gasteiger charge is -2.34. The van der Waals surface area contributed by atoms with E-state index >= 15 is 0 Å². The van der Waals surface area contributed by atoms with Crippen LogP contribution in [0.2, 0.25) is 0 Å². The quantitative estimate of drug-likeness (QED) is 0.515. The molecule has 0 amide bonds. The maximum Gasteiger partial charge on any atom is 0.160 e. The first-order valence-corrected chi connectivity index (χ1v) is 6.83. The lowest BCUT2D eigenvalue weighted by molar-refractivity contribution is -0.113. The summed E-state index contributed by atoms with van der Waals surface area (Å²) in [5.41, 5.74) is 0. The Kier molecular flexibility index (Phi) is 7.44. The number of ether oxygens (including phenoxy) is 2. The highest BCUT2D eigenvalue weighted by atomic mass is 19.2. The third kappa shape index (κ3) is 4.65. The molecule has 4 heteroatoms. The van der Waals surface area contributed by atoms with Crippen molar-refractivity contribution in [2.45, 2.75) is 64.1 Å². The normalized spacial score (nSPS) is 33.1. The van der Waals surface area contributed by atoms with E-state index in [2.05, 4.69) is 0 Å². The second kappa shape index (κ2) is 8.59. The van der Waals surface area contributed by atoms with Gasteiger partial charge in [0.15, 0.2) is 12.3 Å². The Bertz CT molecular complexity index is 246. The van der Waals surface area contributed by atoms with Crippen molar-refractivity contribution >= 4 is 0 Å². The number of halogens is 2. The molecule has 1 fully saturated rings. The molecular weight excluding hydrogens is 238 g/mol. The van der Waals surface area contributed by atoms with Crippen molar-refractivity contribution in [2.24, 2.45) is 0 Å². The molecule has 2 nitrogen and oxygen atoms in total. The van der Waals surface area contributed by atoms with Gasteiger partial charge in [0.25, 0.3) is 0 Å². The van der Waals surface area contributed by atoms with Crippen LogP contribution in [-0.4, -0.2) is 37.8 Å². The molecule has 1 rings (SSSR count). The molecule has 1 saturated carbocycles. The van der Waals surface area contributed by atoms with Crippen LogP contribution in [0.3, 0.4) is 0 Å². The summed E-state index contributed by atoms with van der Waals surface area (Å²) < 4.78 is 38.4. The fraction of sp³-hybridized carbons (Fsp3) is 0.857. The van der Waals surface area contributed by atoms with Crippen molar-refractivity contribution in [3.05, 3.63) is 12.2 Å².